The molecule has 1 heterocycles. The summed E-state index contributed by atoms with van der Waals surface area (Å²) in [4.78, 5) is 13.2. The van der Waals surface area contributed by atoms with Crippen molar-refractivity contribution in [3.05, 3.63) is 0 Å². The predicted octanol–water partition coefficient (Wildman–Crippen LogP) is 1.56. The molecule has 0 bridgehead atoms. The Labute approximate surface area is 104 Å². The molecule has 0 aliphatic carbocycles. The monoisotopic (exact) mass is 242 g/mol. The molecule has 4 nitrogen and oxygen atoms in total. The van der Waals surface area contributed by atoms with Crippen LogP contribution in [0.3, 0.4) is 0 Å². The van der Waals surface area contributed by atoms with Crippen molar-refractivity contribution in [2.45, 2.75) is 52.1 Å². The topological polar surface area (TPSA) is 52.6 Å². The van der Waals surface area contributed by atoms with E-state index < -0.39 is 5.97 Å². The van der Waals surface area contributed by atoms with Crippen molar-refractivity contribution in [1.29, 1.82) is 0 Å². The van der Waals surface area contributed by atoms with Gasteiger partial charge in [-0.25, -0.2) is 0 Å². The third kappa shape index (κ3) is 5.04. The van der Waals surface area contributed by atoms with E-state index in [0.29, 0.717) is 5.92 Å². The lowest BCUT2D eigenvalue weighted by Crippen LogP contribution is -2.62. The molecule has 1 fully saturated rings. The number of carbonyl (C=O) groups is 1. The van der Waals surface area contributed by atoms with E-state index >= 15 is 0 Å². The van der Waals surface area contributed by atoms with Crippen molar-refractivity contribution in [2.75, 3.05) is 19.6 Å². The number of nitrogens with zero attached hydrogens (tertiary/aromatic N) is 1. The minimum Gasteiger partial charge on any atom is -0.481 e. The smallest absolute Gasteiger partial charge is 0.304 e. The Balaban J connectivity index is 2.58. The summed E-state index contributed by atoms with van der Waals surface area (Å²) >= 11 is 0. The van der Waals surface area contributed by atoms with Gasteiger partial charge in [-0.3, -0.25) is 9.69 Å². The highest BCUT2D eigenvalue weighted by Crippen LogP contribution is 2.18. The molecule has 0 spiro atoms. The molecule has 0 radical (unpaired) electrons. The minimum absolute atomic E-state index is 0.0893. The second-order valence-electron chi connectivity index (χ2n) is 6.17. The lowest BCUT2D eigenvalue weighted by atomic mass is 9.96. The van der Waals surface area contributed by atoms with Gasteiger partial charge in [0, 0.05) is 24.7 Å². The van der Waals surface area contributed by atoms with Crippen LogP contribution < -0.4 is 5.32 Å². The van der Waals surface area contributed by atoms with Crippen molar-refractivity contribution in [2.24, 2.45) is 5.92 Å². The van der Waals surface area contributed by atoms with E-state index in [1.807, 2.05) is 0 Å². The van der Waals surface area contributed by atoms with Gasteiger partial charge in [-0.05, 0) is 32.7 Å². The van der Waals surface area contributed by atoms with Gasteiger partial charge in [0.05, 0.1) is 6.42 Å². The first-order valence-electron chi connectivity index (χ1n) is 6.51. The Morgan fingerprint density at radius 1 is 1.53 bits per heavy atom. The number of hydrogen-bond donors (Lipinski definition) is 2. The molecule has 4 heteroatoms. The molecule has 17 heavy (non-hydrogen) atoms. The Hall–Kier alpha value is -0.610. The number of aliphatic carboxylic acids is 1. The summed E-state index contributed by atoms with van der Waals surface area (Å²) in [6.07, 6.45) is 1.37. The van der Waals surface area contributed by atoms with Crippen molar-refractivity contribution >= 4 is 5.97 Å². The molecule has 2 N–H and O–H groups in total. The van der Waals surface area contributed by atoms with E-state index in [0.717, 1.165) is 26.1 Å². The fourth-order valence-electron chi connectivity index (χ4n) is 2.30. The van der Waals surface area contributed by atoms with E-state index in [1.54, 1.807) is 0 Å². The maximum Gasteiger partial charge on any atom is 0.304 e. The van der Waals surface area contributed by atoms with Crippen LogP contribution in [0.2, 0.25) is 0 Å². The van der Waals surface area contributed by atoms with Crippen LogP contribution in [0.4, 0.5) is 0 Å². The number of carboxylic acids is 1. The van der Waals surface area contributed by atoms with Gasteiger partial charge in [-0.1, -0.05) is 13.8 Å². The average Bonchev–Trinajstić information content (AvgIpc) is 2.17. The minimum atomic E-state index is -0.703. The molecule has 1 aliphatic heterocycles. The van der Waals surface area contributed by atoms with Crippen LogP contribution in [-0.4, -0.2) is 47.2 Å². The zero-order chi connectivity index (χ0) is 13.1. The van der Waals surface area contributed by atoms with E-state index in [1.165, 1.54) is 0 Å². The predicted molar refractivity (Wildman–Crippen MR) is 69.2 cm³/mol. The highest BCUT2D eigenvalue weighted by atomic mass is 16.4. The van der Waals surface area contributed by atoms with E-state index in [9.17, 15) is 4.79 Å². The number of piperazine rings is 1. The van der Waals surface area contributed by atoms with Crippen LogP contribution in [0.1, 0.15) is 40.5 Å². The van der Waals surface area contributed by atoms with Gasteiger partial charge in [0.1, 0.15) is 0 Å². The Kier molecular flexibility index (Phi) is 4.95. The molecule has 0 amide bonds. The Morgan fingerprint density at radius 2 is 2.18 bits per heavy atom. The molecular formula is C13H26N2O2. The number of nitrogens with one attached hydrogen (secondary N) is 1. The summed E-state index contributed by atoms with van der Waals surface area (Å²) in [5.74, 6) is -0.0375. The van der Waals surface area contributed by atoms with Gasteiger partial charge in [0.25, 0.3) is 0 Å². The standard InChI is InChI=1S/C13H26N2O2/c1-10(2)5-6-15-9-13(3,4)14-8-11(15)7-12(16)17/h10-11,14H,5-9H2,1-4H3,(H,16,17). The first-order chi connectivity index (χ1) is 7.80. The molecule has 0 aromatic carbocycles. The van der Waals surface area contributed by atoms with Gasteiger partial charge in [-0.2, -0.15) is 0 Å². The summed E-state index contributed by atoms with van der Waals surface area (Å²) in [7, 11) is 0. The Bertz CT molecular complexity index is 264. The summed E-state index contributed by atoms with van der Waals surface area (Å²) in [5.41, 5.74) is 0.0893. The van der Waals surface area contributed by atoms with Crippen LogP contribution in [-0.2, 0) is 4.79 Å². The summed E-state index contributed by atoms with van der Waals surface area (Å²) in [6.45, 7) is 11.5. The van der Waals surface area contributed by atoms with Gasteiger partial charge < -0.3 is 10.4 Å². The molecular weight excluding hydrogens is 216 g/mol. The fourth-order valence-corrected chi connectivity index (χ4v) is 2.30. The lowest BCUT2D eigenvalue weighted by molar-refractivity contribution is -0.138. The molecule has 100 valence electrons. The first-order valence-corrected chi connectivity index (χ1v) is 6.51. The Morgan fingerprint density at radius 3 is 2.71 bits per heavy atom. The molecule has 1 saturated heterocycles. The summed E-state index contributed by atoms with van der Waals surface area (Å²) in [5, 5.41) is 12.4. The number of hydrogen-bond acceptors (Lipinski definition) is 3. The normalized spacial score (nSPS) is 25.1. The van der Waals surface area contributed by atoms with Crippen LogP contribution in [0, 0.1) is 5.92 Å². The molecule has 1 aliphatic rings. The molecule has 0 saturated carbocycles. The maximum absolute atomic E-state index is 10.9. The molecule has 1 rings (SSSR count). The molecule has 1 unspecified atom stereocenters. The highest BCUT2D eigenvalue weighted by Gasteiger charge is 2.33. The highest BCUT2D eigenvalue weighted by molar-refractivity contribution is 5.67. The van der Waals surface area contributed by atoms with E-state index in [2.05, 4.69) is 37.9 Å². The largest absolute Gasteiger partial charge is 0.481 e. The van der Waals surface area contributed by atoms with Gasteiger partial charge in [0.2, 0.25) is 0 Å². The number of rotatable bonds is 5. The van der Waals surface area contributed by atoms with Gasteiger partial charge in [-0.15, -0.1) is 0 Å². The van der Waals surface area contributed by atoms with E-state index in [4.69, 9.17) is 5.11 Å². The van der Waals surface area contributed by atoms with Crippen LogP contribution >= 0.6 is 0 Å². The lowest BCUT2D eigenvalue weighted by Gasteiger charge is -2.44. The van der Waals surface area contributed by atoms with Gasteiger partial charge in [0.15, 0.2) is 0 Å². The van der Waals surface area contributed by atoms with Crippen molar-refractivity contribution in [3.63, 3.8) is 0 Å². The first kappa shape index (κ1) is 14.5. The SMILES string of the molecule is CC(C)CCN1CC(C)(C)NCC1CC(=O)O. The van der Waals surface area contributed by atoms with Crippen LogP contribution in [0.15, 0.2) is 0 Å². The molecule has 0 aromatic rings. The average molecular weight is 242 g/mol. The molecule has 0 aromatic heterocycles. The summed E-state index contributed by atoms with van der Waals surface area (Å²) in [6, 6.07) is 0.138. The zero-order valence-corrected chi connectivity index (χ0v) is 11.5. The zero-order valence-electron chi connectivity index (χ0n) is 11.5. The van der Waals surface area contributed by atoms with E-state index in [-0.39, 0.29) is 18.0 Å². The second kappa shape index (κ2) is 5.83. The van der Waals surface area contributed by atoms with Crippen molar-refractivity contribution < 1.29 is 9.90 Å². The molecule has 1 atom stereocenters. The third-order valence-corrected chi connectivity index (χ3v) is 3.33. The quantitative estimate of drug-likeness (QED) is 0.768. The summed E-state index contributed by atoms with van der Waals surface area (Å²) < 4.78 is 0. The van der Waals surface area contributed by atoms with Crippen molar-refractivity contribution in [1.82, 2.24) is 10.2 Å². The fraction of sp³-hybridized carbons (Fsp3) is 0.923. The van der Waals surface area contributed by atoms with Crippen LogP contribution in [0.25, 0.3) is 0 Å². The van der Waals surface area contributed by atoms with Crippen LogP contribution in [0.5, 0.6) is 0 Å². The maximum atomic E-state index is 10.9. The van der Waals surface area contributed by atoms with Gasteiger partial charge >= 0.3 is 5.97 Å². The number of carboxylic acid groups (broad SMARTS) is 1. The third-order valence-electron chi connectivity index (χ3n) is 3.33. The second-order valence-corrected chi connectivity index (χ2v) is 6.17. The van der Waals surface area contributed by atoms with Crippen molar-refractivity contribution in [3.8, 4) is 0 Å².